The molecule has 0 unspecified atom stereocenters. The van der Waals surface area contributed by atoms with Gasteiger partial charge in [0.2, 0.25) is 0 Å². The van der Waals surface area contributed by atoms with Crippen LogP contribution in [0.1, 0.15) is 11.1 Å². The van der Waals surface area contributed by atoms with Crippen LogP contribution in [0.2, 0.25) is 0 Å². The molecule has 4 rings (SSSR count). The SMILES string of the molecule is Cc1cc(C)cc(NC(=O)Nc2ccc(-c3ccc(N4CCN(C)CC4)nn3)cc2)c1. The Morgan fingerprint density at radius 2 is 1.45 bits per heavy atom. The van der Waals surface area contributed by atoms with Crippen molar-refractivity contribution < 1.29 is 4.79 Å². The number of rotatable bonds is 4. The van der Waals surface area contributed by atoms with Crippen LogP contribution in [0.25, 0.3) is 11.3 Å². The van der Waals surface area contributed by atoms with Crippen molar-refractivity contribution >= 4 is 23.2 Å². The highest BCUT2D eigenvalue weighted by molar-refractivity contribution is 5.99. The number of anilines is 3. The van der Waals surface area contributed by atoms with Gasteiger partial charge in [0.15, 0.2) is 5.82 Å². The zero-order chi connectivity index (χ0) is 21.8. The number of benzene rings is 2. The highest BCUT2D eigenvalue weighted by Gasteiger charge is 2.15. The zero-order valence-electron chi connectivity index (χ0n) is 18.2. The Balaban J connectivity index is 1.37. The molecule has 0 radical (unpaired) electrons. The van der Waals surface area contributed by atoms with Crippen molar-refractivity contribution in [1.82, 2.24) is 15.1 Å². The molecule has 1 saturated heterocycles. The number of aromatic nitrogens is 2. The van der Waals surface area contributed by atoms with E-state index in [-0.39, 0.29) is 6.03 Å². The number of piperazine rings is 1. The normalized spacial score (nSPS) is 14.4. The standard InChI is InChI=1S/C24H28N6O/c1-17-14-18(2)16-21(15-17)26-24(31)25-20-6-4-19(5-7-20)22-8-9-23(28-27-22)30-12-10-29(3)11-13-30/h4-9,14-16H,10-13H2,1-3H3,(H2,25,26,31). The van der Waals surface area contributed by atoms with Crippen molar-refractivity contribution in [2.24, 2.45) is 0 Å². The second-order valence-corrected chi connectivity index (χ2v) is 8.10. The minimum absolute atomic E-state index is 0.269. The number of amides is 2. The van der Waals surface area contributed by atoms with Crippen LogP contribution in [0, 0.1) is 13.8 Å². The summed E-state index contributed by atoms with van der Waals surface area (Å²) >= 11 is 0. The van der Waals surface area contributed by atoms with Crippen molar-refractivity contribution in [3.05, 3.63) is 65.7 Å². The van der Waals surface area contributed by atoms with Gasteiger partial charge in [0, 0.05) is 43.1 Å². The lowest BCUT2D eigenvalue weighted by Crippen LogP contribution is -2.44. The van der Waals surface area contributed by atoms with Gasteiger partial charge in [-0.05, 0) is 68.4 Å². The monoisotopic (exact) mass is 416 g/mol. The highest BCUT2D eigenvalue weighted by Crippen LogP contribution is 2.22. The zero-order valence-corrected chi connectivity index (χ0v) is 18.2. The first-order valence-corrected chi connectivity index (χ1v) is 10.5. The molecule has 160 valence electrons. The Hall–Kier alpha value is -3.45. The van der Waals surface area contributed by atoms with Crippen LogP contribution in [0.15, 0.2) is 54.6 Å². The fourth-order valence-electron chi connectivity index (χ4n) is 3.75. The number of hydrogen-bond acceptors (Lipinski definition) is 5. The lowest BCUT2D eigenvalue weighted by atomic mass is 10.1. The van der Waals surface area contributed by atoms with E-state index >= 15 is 0 Å². The topological polar surface area (TPSA) is 73.4 Å². The average Bonchev–Trinajstić information content (AvgIpc) is 2.74. The maximum atomic E-state index is 12.3. The largest absolute Gasteiger partial charge is 0.353 e. The molecule has 1 aliphatic rings. The molecule has 31 heavy (non-hydrogen) atoms. The van der Waals surface area contributed by atoms with Gasteiger partial charge in [-0.1, -0.05) is 18.2 Å². The third kappa shape index (κ3) is 5.38. The summed E-state index contributed by atoms with van der Waals surface area (Å²) in [5.41, 5.74) is 5.48. The molecule has 2 heterocycles. The van der Waals surface area contributed by atoms with E-state index in [2.05, 4.69) is 43.7 Å². The third-order valence-corrected chi connectivity index (χ3v) is 5.40. The first-order valence-electron chi connectivity index (χ1n) is 10.5. The fourth-order valence-corrected chi connectivity index (χ4v) is 3.75. The van der Waals surface area contributed by atoms with Crippen molar-refractivity contribution in [3.63, 3.8) is 0 Å². The van der Waals surface area contributed by atoms with E-state index < -0.39 is 0 Å². The van der Waals surface area contributed by atoms with Gasteiger partial charge < -0.3 is 20.4 Å². The average molecular weight is 417 g/mol. The van der Waals surface area contributed by atoms with E-state index in [9.17, 15) is 4.79 Å². The summed E-state index contributed by atoms with van der Waals surface area (Å²) in [5.74, 6) is 0.915. The number of urea groups is 1. The number of likely N-dealkylation sites (N-methyl/N-ethyl adjacent to an activating group) is 1. The Morgan fingerprint density at radius 1 is 0.806 bits per heavy atom. The number of nitrogens with one attached hydrogen (secondary N) is 2. The highest BCUT2D eigenvalue weighted by atomic mass is 16.2. The lowest BCUT2D eigenvalue weighted by Gasteiger charge is -2.32. The summed E-state index contributed by atoms with van der Waals surface area (Å²) in [5, 5.41) is 14.6. The van der Waals surface area contributed by atoms with Gasteiger partial charge in [0.25, 0.3) is 0 Å². The molecule has 3 aromatic rings. The quantitative estimate of drug-likeness (QED) is 0.668. The van der Waals surface area contributed by atoms with Crippen LogP contribution in [-0.4, -0.2) is 54.4 Å². The minimum atomic E-state index is -0.269. The van der Waals surface area contributed by atoms with Crippen molar-refractivity contribution in [2.75, 3.05) is 48.8 Å². The third-order valence-electron chi connectivity index (χ3n) is 5.40. The molecule has 7 heteroatoms. The molecule has 0 bridgehead atoms. The summed E-state index contributed by atoms with van der Waals surface area (Å²) in [7, 11) is 2.14. The summed E-state index contributed by atoms with van der Waals surface area (Å²) in [4.78, 5) is 16.9. The predicted molar refractivity (Wildman–Crippen MR) is 126 cm³/mol. The molecule has 0 aliphatic carbocycles. The Kier molecular flexibility index (Phi) is 6.13. The Labute approximate surface area is 183 Å². The van der Waals surface area contributed by atoms with Crippen LogP contribution in [-0.2, 0) is 0 Å². The van der Waals surface area contributed by atoms with E-state index in [1.54, 1.807) is 0 Å². The molecule has 0 atom stereocenters. The molecule has 1 fully saturated rings. The Bertz CT molecular complexity index is 1020. The van der Waals surface area contributed by atoms with Gasteiger partial charge in [0.1, 0.15) is 0 Å². The number of carbonyl (C=O) groups excluding carboxylic acids is 1. The van der Waals surface area contributed by atoms with Crippen LogP contribution < -0.4 is 15.5 Å². The van der Waals surface area contributed by atoms with Gasteiger partial charge >= 0.3 is 6.03 Å². The Morgan fingerprint density at radius 3 is 2.06 bits per heavy atom. The van der Waals surface area contributed by atoms with Crippen molar-refractivity contribution in [2.45, 2.75) is 13.8 Å². The van der Waals surface area contributed by atoms with Crippen LogP contribution in [0.3, 0.4) is 0 Å². The lowest BCUT2D eigenvalue weighted by molar-refractivity contribution is 0.262. The second kappa shape index (κ2) is 9.14. The predicted octanol–water partition coefficient (Wildman–Crippen LogP) is 4.16. The minimum Gasteiger partial charge on any atom is -0.353 e. The molecule has 7 nitrogen and oxygen atoms in total. The van der Waals surface area contributed by atoms with Crippen molar-refractivity contribution in [1.29, 1.82) is 0 Å². The number of aryl methyl sites for hydroxylation is 2. The van der Waals surface area contributed by atoms with Crippen molar-refractivity contribution in [3.8, 4) is 11.3 Å². The smallest absolute Gasteiger partial charge is 0.323 e. The number of nitrogens with zero attached hydrogens (tertiary/aromatic N) is 4. The first-order chi connectivity index (χ1) is 15.0. The maximum Gasteiger partial charge on any atom is 0.323 e. The summed E-state index contributed by atoms with van der Waals surface area (Å²) in [6.45, 7) is 8.03. The molecule has 2 N–H and O–H groups in total. The van der Waals surface area contributed by atoms with E-state index in [0.29, 0.717) is 5.69 Å². The van der Waals surface area contributed by atoms with Gasteiger partial charge in [-0.25, -0.2) is 4.79 Å². The summed E-state index contributed by atoms with van der Waals surface area (Å²) in [6, 6.07) is 17.3. The number of hydrogen-bond donors (Lipinski definition) is 2. The molecular formula is C24H28N6O. The maximum absolute atomic E-state index is 12.3. The molecular weight excluding hydrogens is 388 g/mol. The molecule has 1 aliphatic heterocycles. The van der Waals surface area contributed by atoms with E-state index in [0.717, 1.165) is 60.1 Å². The molecule has 0 spiro atoms. The number of carbonyl (C=O) groups is 1. The molecule has 2 aromatic carbocycles. The van der Waals surface area contributed by atoms with E-state index in [4.69, 9.17) is 0 Å². The van der Waals surface area contributed by atoms with E-state index in [1.165, 1.54) is 0 Å². The second-order valence-electron chi connectivity index (χ2n) is 8.10. The fraction of sp³-hybridized carbons (Fsp3) is 0.292. The first kappa shape index (κ1) is 20.8. The van der Waals surface area contributed by atoms with E-state index in [1.807, 2.05) is 62.4 Å². The molecule has 1 aromatic heterocycles. The van der Waals surface area contributed by atoms with Crippen LogP contribution in [0.5, 0.6) is 0 Å². The van der Waals surface area contributed by atoms with Gasteiger partial charge in [0.05, 0.1) is 5.69 Å². The summed E-state index contributed by atoms with van der Waals surface area (Å²) < 4.78 is 0. The van der Waals surface area contributed by atoms with Gasteiger partial charge in [-0.2, -0.15) is 0 Å². The van der Waals surface area contributed by atoms with Crippen LogP contribution in [0.4, 0.5) is 22.0 Å². The van der Waals surface area contributed by atoms with Crippen LogP contribution >= 0.6 is 0 Å². The van der Waals surface area contributed by atoms with Gasteiger partial charge in [-0.3, -0.25) is 0 Å². The van der Waals surface area contributed by atoms with Gasteiger partial charge in [-0.15, -0.1) is 10.2 Å². The summed E-state index contributed by atoms with van der Waals surface area (Å²) in [6.07, 6.45) is 0. The molecule has 2 amide bonds. The molecule has 0 saturated carbocycles.